The zero-order valence-corrected chi connectivity index (χ0v) is 9.67. The van der Waals surface area contributed by atoms with Crippen molar-refractivity contribution in [3.05, 3.63) is 0 Å². The zero-order valence-electron chi connectivity index (χ0n) is 9.67. The van der Waals surface area contributed by atoms with E-state index in [1.165, 1.54) is 12.8 Å². The van der Waals surface area contributed by atoms with Crippen molar-refractivity contribution < 1.29 is 9.13 Å². The summed E-state index contributed by atoms with van der Waals surface area (Å²) in [5.74, 6) is 0. The smallest absolute Gasteiger partial charge is 0.0906 e. The van der Waals surface area contributed by atoms with E-state index in [4.69, 9.17) is 4.74 Å². The number of hydrogen-bond acceptors (Lipinski definition) is 3. The van der Waals surface area contributed by atoms with Gasteiger partial charge in [-0.1, -0.05) is 0 Å². The molecule has 1 saturated heterocycles. The monoisotopic (exact) mass is 218 g/mol. The van der Waals surface area contributed by atoms with Crippen LogP contribution in [0.1, 0.15) is 19.3 Å². The molecule has 3 nitrogen and oxygen atoms in total. The average molecular weight is 218 g/mol. The molecule has 0 aromatic heterocycles. The molecule has 0 spiro atoms. The van der Waals surface area contributed by atoms with Gasteiger partial charge in [0.1, 0.15) is 0 Å². The summed E-state index contributed by atoms with van der Waals surface area (Å²) in [7, 11) is 1.71. The van der Waals surface area contributed by atoms with E-state index in [-0.39, 0.29) is 6.67 Å². The molecule has 1 aliphatic rings. The number of halogens is 1. The predicted octanol–water partition coefficient (Wildman–Crippen LogP) is 1.05. The highest BCUT2D eigenvalue weighted by molar-refractivity contribution is 4.77. The molecule has 15 heavy (non-hydrogen) atoms. The highest BCUT2D eigenvalue weighted by atomic mass is 19.1. The van der Waals surface area contributed by atoms with Crippen LogP contribution in [0.3, 0.4) is 0 Å². The topological polar surface area (TPSA) is 24.5 Å². The lowest BCUT2D eigenvalue weighted by Gasteiger charge is -2.24. The van der Waals surface area contributed by atoms with Gasteiger partial charge in [-0.15, -0.1) is 0 Å². The van der Waals surface area contributed by atoms with Crippen LogP contribution in [0.5, 0.6) is 0 Å². The van der Waals surface area contributed by atoms with Crippen LogP contribution >= 0.6 is 0 Å². The first kappa shape index (κ1) is 12.9. The summed E-state index contributed by atoms with van der Waals surface area (Å²) in [5, 5.41) is 3.46. The Hall–Kier alpha value is -0.190. The Balaban J connectivity index is 2.19. The summed E-state index contributed by atoms with van der Waals surface area (Å²) >= 11 is 0. The molecule has 0 aliphatic carbocycles. The summed E-state index contributed by atoms with van der Waals surface area (Å²) in [4.78, 5) is 2.30. The molecule has 1 N–H and O–H groups in total. The molecule has 1 aliphatic heterocycles. The first-order valence-electron chi connectivity index (χ1n) is 5.87. The van der Waals surface area contributed by atoms with Crippen LogP contribution in [-0.2, 0) is 4.74 Å². The first-order chi connectivity index (χ1) is 7.36. The van der Waals surface area contributed by atoms with Crippen LogP contribution in [0.4, 0.5) is 4.39 Å². The minimum Gasteiger partial charge on any atom is -0.383 e. The second kappa shape index (κ2) is 8.02. The SMILES string of the molecule is COCCN(CCCF)CC1CCCN1. The average Bonchev–Trinajstić information content (AvgIpc) is 2.74. The maximum atomic E-state index is 12.1. The van der Waals surface area contributed by atoms with Gasteiger partial charge in [0.05, 0.1) is 13.3 Å². The fraction of sp³-hybridized carbons (Fsp3) is 1.00. The third-order valence-electron chi connectivity index (χ3n) is 2.86. The van der Waals surface area contributed by atoms with E-state index in [2.05, 4.69) is 10.2 Å². The number of hydrogen-bond donors (Lipinski definition) is 1. The van der Waals surface area contributed by atoms with Crippen molar-refractivity contribution >= 4 is 0 Å². The largest absolute Gasteiger partial charge is 0.383 e. The van der Waals surface area contributed by atoms with Gasteiger partial charge in [0.2, 0.25) is 0 Å². The van der Waals surface area contributed by atoms with E-state index in [0.29, 0.717) is 12.5 Å². The second-order valence-electron chi connectivity index (χ2n) is 4.13. The van der Waals surface area contributed by atoms with Crippen molar-refractivity contribution in [1.82, 2.24) is 10.2 Å². The Bertz CT molecular complexity index is 144. The minimum atomic E-state index is -0.221. The van der Waals surface area contributed by atoms with Crippen molar-refractivity contribution in [3.8, 4) is 0 Å². The van der Waals surface area contributed by atoms with Crippen molar-refractivity contribution in [2.24, 2.45) is 0 Å². The van der Waals surface area contributed by atoms with Crippen molar-refractivity contribution in [2.45, 2.75) is 25.3 Å². The van der Waals surface area contributed by atoms with Gasteiger partial charge in [-0.2, -0.15) is 0 Å². The van der Waals surface area contributed by atoms with Crippen LogP contribution < -0.4 is 5.32 Å². The van der Waals surface area contributed by atoms with Crippen molar-refractivity contribution in [1.29, 1.82) is 0 Å². The lowest BCUT2D eigenvalue weighted by atomic mass is 10.2. The Morgan fingerprint density at radius 1 is 1.47 bits per heavy atom. The molecule has 90 valence electrons. The maximum absolute atomic E-state index is 12.1. The quantitative estimate of drug-likeness (QED) is 0.659. The van der Waals surface area contributed by atoms with Gasteiger partial charge in [0.15, 0.2) is 0 Å². The molecule has 0 aromatic rings. The first-order valence-corrected chi connectivity index (χ1v) is 5.87. The van der Waals surface area contributed by atoms with E-state index >= 15 is 0 Å². The third-order valence-corrected chi connectivity index (χ3v) is 2.86. The number of alkyl halides is 1. The maximum Gasteiger partial charge on any atom is 0.0906 e. The molecule has 1 rings (SSSR count). The Morgan fingerprint density at radius 3 is 2.93 bits per heavy atom. The van der Waals surface area contributed by atoms with Crippen molar-refractivity contribution in [3.63, 3.8) is 0 Å². The summed E-state index contributed by atoms with van der Waals surface area (Å²) in [6, 6.07) is 0.599. The molecular weight excluding hydrogens is 195 g/mol. The molecule has 1 unspecified atom stereocenters. The zero-order chi connectivity index (χ0) is 10.9. The fourth-order valence-electron chi connectivity index (χ4n) is 2.02. The lowest BCUT2D eigenvalue weighted by molar-refractivity contribution is 0.139. The Labute approximate surface area is 92.0 Å². The Morgan fingerprint density at radius 2 is 2.33 bits per heavy atom. The van der Waals surface area contributed by atoms with Crippen LogP contribution in [0.2, 0.25) is 0 Å². The molecule has 0 aromatic carbocycles. The van der Waals surface area contributed by atoms with Crippen LogP contribution in [0.15, 0.2) is 0 Å². The van der Waals surface area contributed by atoms with E-state index in [0.717, 1.165) is 32.8 Å². The van der Waals surface area contributed by atoms with Gasteiger partial charge in [-0.3, -0.25) is 9.29 Å². The van der Waals surface area contributed by atoms with Gasteiger partial charge in [0.25, 0.3) is 0 Å². The van der Waals surface area contributed by atoms with Gasteiger partial charge in [-0.25, -0.2) is 0 Å². The molecule has 4 heteroatoms. The van der Waals surface area contributed by atoms with Gasteiger partial charge >= 0.3 is 0 Å². The third kappa shape index (κ3) is 5.44. The molecule has 1 atom stereocenters. The number of rotatable bonds is 8. The number of methoxy groups -OCH3 is 1. The van der Waals surface area contributed by atoms with Gasteiger partial charge < -0.3 is 10.1 Å². The van der Waals surface area contributed by atoms with Crippen LogP contribution in [0.25, 0.3) is 0 Å². The molecule has 0 bridgehead atoms. The number of nitrogens with zero attached hydrogens (tertiary/aromatic N) is 1. The highest BCUT2D eigenvalue weighted by Crippen LogP contribution is 2.07. The molecule has 1 heterocycles. The van der Waals surface area contributed by atoms with Gasteiger partial charge in [0, 0.05) is 32.8 Å². The van der Waals surface area contributed by atoms with E-state index in [1.807, 2.05) is 0 Å². The second-order valence-corrected chi connectivity index (χ2v) is 4.13. The van der Waals surface area contributed by atoms with Crippen molar-refractivity contribution in [2.75, 3.05) is 46.6 Å². The Kier molecular flexibility index (Phi) is 6.88. The molecule has 0 amide bonds. The standard InChI is InChI=1S/C11H23FN2O/c1-15-9-8-14(7-3-5-12)10-11-4-2-6-13-11/h11,13H,2-10H2,1H3. The van der Waals surface area contributed by atoms with E-state index in [1.54, 1.807) is 7.11 Å². The summed E-state index contributed by atoms with van der Waals surface area (Å²) in [5.41, 5.74) is 0. The normalized spacial score (nSPS) is 21.4. The number of nitrogens with one attached hydrogen (secondary N) is 1. The van der Waals surface area contributed by atoms with Gasteiger partial charge in [-0.05, 0) is 25.8 Å². The molecule has 1 fully saturated rings. The predicted molar refractivity (Wildman–Crippen MR) is 59.9 cm³/mol. The number of ether oxygens (including phenoxy) is 1. The molecule has 0 radical (unpaired) electrons. The summed E-state index contributed by atoms with van der Waals surface area (Å²) in [6.45, 7) is 4.43. The van der Waals surface area contributed by atoms with E-state index in [9.17, 15) is 4.39 Å². The molecular formula is C11H23FN2O. The fourth-order valence-corrected chi connectivity index (χ4v) is 2.02. The lowest BCUT2D eigenvalue weighted by Crippen LogP contribution is -2.39. The highest BCUT2D eigenvalue weighted by Gasteiger charge is 2.17. The van der Waals surface area contributed by atoms with E-state index < -0.39 is 0 Å². The minimum absolute atomic E-state index is 0.221. The summed E-state index contributed by atoms with van der Waals surface area (Å²) in [6.07, 6.45) is 3.15. The molecule has 0 saturated carbocycles. The summed E-state index contributed by atoms with van der Waals surface area (Å²) < 4.78 is 17.2. The van der Waals surface area contributed by atoms with Crippen LogP contribution in [-0.4, -0.2) is 57.5 Å². The van der Waals surface area contributed by atoms with Crippen LogP contribution in [0, 0.1) is 0 Å².